The standard InChI is InChI=1S/C9H16FN/c1-3-6-9(4-2)11-8-5-7-10/h2,9,11H,3,5-8H2,1H3. The van der Waals surface area contributed by atoms with Gasteiger partial charge in [-0.15, -0.1) is 6.42 Å². The molecule has 0 rings (SSSR count). The van der Waals surface area contributed by atoms with E-state index in [-0.39, 0.29) is 12.7 Å². The van der Waals surface area contributed by atoms with Crippen LogP contribution in [0, 0.1) is 12.3 Å². The predicted molar refractivity (Wildman–Crippen MR) is 46.1 cm³/mol. The molecule has 0 saturated heterocycles. The molecular formula is C9H16FN. The van der Waals surface area contributed by atoms with Gasteiger partial charge in [-0.3, -0.25) is 4.39 Å². The van der Waals surface area contributed by atoms with Gasteiger partial charge in [0.05, 0.1) is 12.7 Å². The first-order valence-electron chi connectivity index (χ1n) is 4.10. The largest absolute Gasteiger partial charge is 0.304 e. The van der Waals surface area contributed by atoms with E-state index in [4.69, 9.17) is 6.42 Å². The molecule has 0 aliphatic carbocycles. The molecule has 64 valence electrons. The Balaban J connectivity index is 3.30. The topological polar surface area (TPSA) is 12.0 Å². The lowest BCUT2D eigenvalue weighted by Gasteiger charge is -2.10. The lowest BCUT2D eigenvalue weighted by atomic mass is 10.2. The molecule has 1 N–H and O–H groups in total. The summed E-state index contributed by atoms with van der Waals surface area (Å²) in [7, 11) is 0. The first-order valence-corrected chi connectivity index (χ1v) is 4.10. The van der Waals surface area contributed by atoms with E-state index >= 15 is 0 Å². The molecule has 11 heavy (non-hydrogen) atoms. The summed E-state index contributed by atoms with van der Waals surface area (Å²) in [6.07, 6.45) is 7.83. The fourth-order valence-corrected chi connectivity index (χ4v) is 0.876. The molecule has 0 fully saturated rings. The number of rotatable bonds is 6. The van der Waals surface area contributed by atoms with Crippen molar-refractivity contribution in [3.05, 3.63) is 0 Å². The molecule has 1 unspecified atom stereocenters. The van der Waals surface area contributed by atoms with Crippen molar-refractivity contribution in [3.8, 4) is 12.3 Å². The van der Waals surface area contributed by atoms with Gasteiger partial charge in [0.2, 0.25) is 0 Å². The van der Waals surface area contributed by atoms with Crippen LogP contribution in [0.15, 0.2) is 0 Å². The lowest BCUT2D eigenvalue weighted by Crippen LogP contribution is -2.28. The highest BCUT2D eigenvalue weighted by Gasteiger charge is 2.00. The maximum atomic E-state index is 11.6. The molecule has 0 saturated carbocycles. The van der Waals surface area contributed by atoms with Gasteiger partial charge in [-0.05, 0) is 19.4 Å². The van der Waals surface area contributed by atoms with Crippen LogP contribution in [-0.2, 0) is 0 Å². The van der Waals surface area contributed by atoms with Gasteiger partial charge in [-0.25, -0.2) is 0 Å². The second-order valence-electron chi connectivity index (χ2n) is 2.50. The maximum absolute atomic E-state index is 11.6. The monoisotopic (exact) mass is 157 g/mol. The first kappa shape index (κ1) is 10.4. The van der Waals surface area contributed by atoms with Crippen molar-refractivity contribution in [3.63, 3.8) is 0 Å². The van der Waals surface area contributed by atoms with Crippen LogP contribution in [0.4, 0.5) is 4.39 Å². The van der Waals surface area contributed by atoms with Crippen molar-refractivity contribution in [2.75, 3.05) is 13.2 Å². The minimum atomic E-state index is -0.267. The molecule has 0 amide bonds. The van der Waals surface area contributed by atoms with E-state index in [1.165, 1.54) is 0 Å². The number of alkyl halides is 1. The van der Waals surface area contributed by atoms with Gasteiger partial charge in [0, 0.05) is 0 Å². The smallest absolute Gasteiger partial charge is 0.0906 e. The van der Waals surface area contributed by atoms with E-state index in [0.717, 1.165) is 12.8 Å². The average Bonchev–Trinajstić information content (AvgIpc) is 2.03. The summed E-state index contributed by atoms with van der Waals surface area (Å²) in [6.45, 7) is 2.50. The summed E-state index contributed by atoms with van der Waals surface area (Å²) in [5, 5.41) is 3.10. The van der Waals surface area contributed by atoms with Crippen LogP contribution >= 0.6 is 0 Å². The second-order valence-corrected chi connectivity index (χ2v) is 2.50. The fraction of sp³-hybridized carbons (Fsp3) is 0.778. The van der Waals surface area contributed by atoms with Gasteiger partial charge >= 0.3 is 0 Å². The Morgan fingerprint density at radius 2 is 2.36 bits per heavy atom. The number of hydrogen-bond donors (Lipinski definition) is 1. The molecule has 1 atom stereocenters. The Bertz CT molecular complexity index is 117. The zero-order valence-electron chi connectivity index (χ0n) is 7.07. The molecule has 0 aromatic rings. The molecule has 1 nitrogen and oxygen atoms in total. The van der Waals surface area contributed by atoms with E-state index in [1.807, 2.05) is 0 Å². The normalized spacial score (nSPS) is 12.5. The van der Waals surface area contributed by atoms with Gasteiger partial charge in [-0.2, -0.15) is 0 Å². The van der Waals surface area contributed by atoms with E-state index < -0.39 is 0 Å². The minimum absolute atomic E-state index is 0.131. The SMILES string of the molecule is C#CC(CCC)NCCCF. The van der Waals surface area contributed by atoms with Crippen LogP contribution in [0.25, 0.3) is 0 Å². The van der Waals surface area contributed by atoms with Crippen molar-refractivity contribution < 1.29 is 4.39 Å². The maximum Gasteiger partial charge on any atom is 0.0906 e. The highest BCUT2D eigenvalue weighted by Crippen LogP contribution is 1.94. The van der Waals surface area contributed by atoms with E-state index in [9.17, 15) is 4.39 Å². The summed E-state index contributed by atoms with van der Waals surface area (Å²) < 4.78 is 11.6. The third-order valence-electron chi connectivity index (χ3n) is 1.48. The first-order chi connectivity index (χ1) is 5.35. The van der Waals surface area contributed by atoms with Crippen LogP contribution in [0.3, 0.4) is 0 Å². The predicted octanol–water partition coefficient (Wildman–Crippen LogP) is 1.74. The minimum Gasteiger partial charge on any atom is -0.304 e. The van der Waals surface area contributed by atoms with Gasteiger partial charge in [0.25, 0.3) is 0 Å². The number of hydrogen-bond acceptors (Lipinski definition) is 1. The van der Waals surface area contributed by atoms with Crippen LogP contribution in [0.5, 0.6) is 0 Å². The van der Waals surface area contributed by atoms with Gasteiger partial charge in [-0.1, -0.05) is 19.3 Å². The highest BCUT2D eigenvalue weighted by molar-refractivity contribution is 4.98. The van der Waals surface area contributed by atoms with Crippen molar-refractivity contribution in [2.45, 2.75) is 32.2 Å². The van der Waals surface area contributed by atoms with Crippen molar-refractivity contribution in [1.82, 2.24) is 5.32 Å². The molecule has 0 aromatic heterocycles. The molecule has 2 heteroatoms. The Labute approximate surface area is 68.4 Å². The summed E-state index contributed by atoms with van der Waals surface area (Å²) >= 11 is 0. The summed E-state index contributed by atoms with van der Waals surface area (Å²) in [4.78, 5) is 0. The molecule has 0 aromatic carbocycles. The molecule has 0 bridgehead atoms. The molecule has 0 spiro atoms. The lowest BCUT2D eigenvalue weighted by molar-refractivity contribution is 0.447. The van der Waals surface area contributed by atoms with Crippen LogP contribution in [-0.4, -0.2) is 19.3 Å². The number of nitrogens with one attached hydrogen (secondary N) is 1. The third-order valence-corrected chi connectivity index (χ3v) is 1.48. The van der Waals surface area contributed by atoms with E-state index in [2.05, 4.69) is 18.2 Å². The van der Waals surface area contributed by atoms with E-state index in [1.54, 1.807) is 0 Å². The second kappa shape index (κ2) is 7.56. The van der Waals surface area contributed by atoms with Crippen LogP contribution in [0.1, 0.15) is 26.2 Å². The Hall–Kier alpha value is -0.550. The zero-order valence-corrected chi connectivity index (χ0v) is 7.07. The fourth-order valence-electron chi connectivity index (χ4n) is 0.876. The van der Waals surface area contributed by atoms with Gasteiger partial charge < -0.3 is 5.32 Å². The molecule has 0 aliphatic rings. The van der Waals surface area contributed by atoms with Crippen molar-refractivity contribution in [2.24, 2.45) is 0 Å². The van der Waals surface area contributed by atoms with Crippen LogP contribution < -0.4 is 5.32 Å². The molecular weight excluding hydrogens is 141 g/mol. The summed E-state index contributed by atoms with van der Waals surface area (Å²) in [5.74, 6) is 2.63. The van der Waals surface area contributed by atoms with E-state index in [0.29, 0.717) is 13.0 Å². The van der Waals surface area contributed by atoms with Crippen molar-refractivity contribution in [1.29, 1.82) is 0 Å². The number of terminal acetylenes is 1. The van der Waals surface area contributed by atoms with Crippen molar-refractivity contribution >= 4 is 0 Å². The summed E-state index contributed by atoms with van der Waals surface area (Å²) in [5.41, 5.74) is 0. The Kier molecular flexibility index (Phi) is 7.18. The highest BCUT2D eigenvalue weighted by atomic mass is 19.1. The molecule has 0 heterocycles. The Morgan fingerprint density at radius 3 is 2.82 bits per heavy atom. The molecule has 0 radical (unpaired) electrons. The van der Waals surface area contributed by atoms with Gasteiger partial charge in [0.15, 0.2) is 0 Å². The van der Waals surface area contributed by atoms with Gasteiger partial charge in [0.1, 0.15) is 0 Å². The quantitative estimate of drug-likeness (QED) is 0.457. The Morgan fingerprint density at radius 1 is 1.64 bits per heavy atom. The molecule has 0 aliphatic heterocycles. The number of halogens is 1. The van der Waals surface area contributed by atoms with Crippen LogP contribution in [0.2, 0.25) is 0 Å². The zero-order chi connectivity index (χ0) is 8.53. The summed E-state index contributed by atoms with van der Waals surface area (Å²) in [6, 6.07) is 0.131. The average molecular weight is 157 g/mol. The third kappa shape index (κ3) is 5.87.